The first-order valence-corrected chi connectivity index (χ1v) is 9.61. The molecule has 2 N–H and O–H groups in total. The highest BCUT2D eigenvalue weighted by Gasteiger charge is 2.30. The Hall–Kier alpha value is -4.33. The summed E-state index contributed by atoms with van der Waals surface area (Å²) in [4.78, 5) is 39.9. The summed E-state index contributed by atoms with van der Waals surface area (Å²) >= 11 is 0. The maximum atomic E-state index is 13.1. The van der Waals surface area contributed by atoms with Gasteiger partial charge in [-0.05, 0) is 53.6 Å². The molecule has 0 bridgehead atoms. The number of rotatable bonds is 5. The maximum absolute atomic E-state index is 13.1. The SMILES string of the molecule is CN1C(C(=O)Nc2cccnc2)=CC(c2cccnc2)=CC1C(=O)Nc1cccnc1. The number of hydrogen-bond donors (Lipinski definition) is 2. The lowest BCUT2D eigenvalue weighted by Crippen LogP contribution is -2.44. The smallest absolute Gasteiger partial charge is 0.272 e. The van der Waals surface area contributed by atoms with Gasteiger partial charge in [-0.1, -0.05) is 6.07 Å². The number of pyridine rings is 3. The molecule has 0 saturated heterocycles. The minimum atomic E-state index is -0.713. The Morgan fingerprint density at radius 3 is 2.06 bits per heavy atom. The number of likely N-dealkylation sites (N-methyl/N-ethyl adjacent to an activating group) is 1. The Kier molecular flexibility index (Phi) is 5.79. The molecule has 3 aromatic rings. The first-order valence-electron chi connectivity index (χ1n) is 9.61. The molecule has 0 saturated carbocycles. The van der Waals surface area contributed by atoms with Crippen molar-refractivity contribution < 1.29 is 9.59 Å². The number of allylic oxidation sites excluding steroid dienone is 2. The largest absolute Gasteiger partial charge is 0.355 e. The van der Waals surface area contributed by atoms with E-state index in [0.29, 0.717) is 17.1 Å². The van der Waals surface area contributed by atoms with Crippen LogP contribution in [0.15, 0.2) is 91.4 Å². The van der Waals surface area contributed by atoms with Gasteiger partial charge in [0.05, 0.1) is 23.8 Å². The van der Waals surface area contributed by atoms with Crippen molar-refractivity contribution in [1.82, 2.24) is 19.9 Å². The maximum Gasteiger partial charge on any atom is 0.272 e. The van der Waals surface area contributed by atoms with Crippen LogP contribution in [0.4, 0.5) is 11.4 Å². The second-order valence-electron chi connectivity index (χ2n) is 6.88. The number of amides is 2. The molecule has 1 atom stereocenters. The first kappa shape index (κ1) is 20.0. The number of nitrogens with zero attached hydrogens (tertiary/aromatic N) is 4. The van der Waals surface area contributed by atoms with Gasteiger partial charge in [-0.15, -0.1) is 0 Å². The lowest BCUT2D eigenvalue weighted by Gasteiger charge is -2.32. The van der Waals surface area contributed by atoms with Gasteiger partial charge < -0.3 is 15.5 Å². The number of nitrogens with one attached hydrogen (secondary N) is 2. The second-order valence-corrected chi connectivity index (χ2v) is 6.88. The van der Waals surface area contributed by atoms with Gasteiger partial charge in [0.25, 0.3) is 11.8 Å². The van der Waals surface area contributed by atoms with E-state index in [1.165, 1.54) is 0 Å². The molecule has 0 fully saturated rings. The minimum Gasteiger partial charge on any atom is -0.355 e. The number of carbonyl (C=O) groups is 2. The van der Waals surface area contributed by atoms with Crippen LogP contribution in [0.5, 0.6) is 0 Å². The Morgan fingerprint density at radius 2 is 1.48 bits per heavy atom. The van der Waals surface area contributed by atoms with Crippen molar-refractivity contribution >= 4 is 28.8 Å². The third-order valence-electron chi connectivity index (χ3n) is 4.77. The van der Waals surface area contributed by atoms with Gasteiger partial charge in [0.15, 0.2) is 0 Å². The zero-order valence-electron chi connectivity index (χ0n) is 16.8. The molecule has 4 heterocycles. The quantitative estimate of drug-likeness (QED) is 0.668. The lowest BCUT2D eigenvalue weighted by molar-refractivity contribution is -0.119. The molecule has 154 valence electrons. The molecule has 0 aliphatic carbocycles. The summed E-state index contributed by atoms with van der Waals surface area (Å²) < 4.78 is 0. The summed E-state index contributed by atoms with van der Waals surface area (Å²) in [7, 11) is 1.71. The molecule has 2 amide bonds. The Bertz CT molecular complexity index is 1130. The molecule has 1 aliphatic rings. The Morgan fingerprint density at radius 1 is 0.871 bits per heavy atom. The Balaban J connectivity index is 1.65. The fraction of sp³-hybridized carbons (Fsp3) is 0.0870. The van der Waals surface area contributed by atoms with E-state index in [4.69, 9.17) is 0 Å². The van der Waals surface area contributed by atoms with E-state index in [2.05, 4.69) is 25.6 Å². The first-order chi connectivity index (χ1) is 15.1. The summed E-state index contributed by atoms with van der Waals surface area (Å²) in [6, 6.07) is 9.96. The van der Waals surface area contributed by atoms with Crippen molar-refractivity contribution in [3.8, 4) is 0 Å². The molecule has 0 spiro atoms. The normalized spacial score (nSPS) is 15.5. The third-order valence-corrected chi connectivity index (χ3v) is 4.77. The van der Waals surface area contributed by atoms with Crippen LogP contribution < -0.4 is 10.6 Å². The van der Waals surface area contributed by atoms with E-state index in [1.54, 1.807) is 79.5 Å². The third kappa shape index (κ3) is 4.64. The van der Waals surface area contributed by atoms with Crippen LogP contribution in [-0.4, -0.2) is 44.8 Å². The molecule has 3 aromatic heterocycles. The van der Waals surface area contributed by atoms with Crippen molar-refractivity contribution in [2.75, 3.05) is 17.7 Å². The van der Waals surface area contributed by atoms with Gasteiger partial charge in [0.1, 0.15) is 11.7 Å². The minimum absolute atomic E-state index is 0.281. The van der Waals surface area contributed by atoms with Gasteiger partial charge >= 0.3 is 0 Å². The second kappa shape index (κ2) is 9.00. The fourth-order valence-electron chi connectivity index (χ4n) is 3.20. The highest BCUT2D eigenvalue weighted by molar-refractivity contribution is 6.07. The molecule has 0 radical (unpaired) electrons. The molecule has 31 heavy (non-hydrogen) atoms. The van der Waals surface area contributed by atoms with Crippen molar-refractivity contribution in [3.63, 3.8) is 0 Å². The molecule has 1 aliphatic heterocycles. The van der Waals surface area contributed by atoms with Gasteiger partial charge in [-0.3, -0.25) is 24.5 Å². The number of hydrogen-bond acceptors (Lipinski definition) is 6. The van der Waals surface area contributed by atoms with Crippen molar-refractivity contribution in [2.45, 2.75) is 6.04 Å². The van der Waals surface area contributed by atoms with Gasteiger partial charge in [-0.25, -0.2) is 0 Å². The van der Waals surface area contributed by atoms with Crippen LogP contribution in [0.1, 0.15) is 5.56 Å². The van der Waals surface area contributed by atoms with E-state index in [-0.39, 0.29) is 11.8 Å². The van der Waals surface area contributed by atoms with E-state index < -0.39 is 6.04 Å². The zero-order chi connectivity index (χ0) is 21.6. The summed E-state index contributed by atoms with van der Waals surface area (Å²) in [5.41, 5.74) is 3.02. The van der Waals surface area contributed by atoms with Crippen LogP contribution >= 0.6 is 0 Å². The molecular formula is C23H20N6O2. The molecule has 8 heteroatoms. The van der Waals surface area contributed by atoms with E-state index in [9.17, 15) is 9.59 Å². The fourth-order valence-corrected chi connectivity index (χ4v) is 3.20. The van der Waals surface area contributed by atoms with E-state index in [0.717, 1.165) is 11.1 Å². The molecular weight excluding hydrogens is 392 g/mol. The number of carbonyl (C=O) groups excluding carboxylic acids is 2. The molecule has 1 unspecified atom stereocenters. The highest BCUT2D eigenvalue weighted by Crippen LogP contribution is 2.27. The van der Waals surface area contributed by atoms with Crippen LogP contribution in [0.2, 0.25) is 0 Å². The van der Waals surface area contributed by atoms with Gasteiger partial charge in [-0.2, -0.15) is 0 Å². The number of anilines is 2. The van der Waals surface area contributed by atoms with Crippen molar-refractivity contribution in [3.05, 3.63) is 97.0 Å². The summed E-state index contributed by atoms with van der Waals surface area (Å²) in [5, 5.41) is 5.68. The summed E-state index contributed by atoms with van der Waals surface area (Å²) in [5.74, 6) is -0.624. The molecule has 0 aromatic carbocycles. The van der Waals surface area contributed by atoms with Crippen LogP contribution in [-0.2, 0) is 9.59 Å². The standard InChI is InChI=1S/C23H20N6O2/c1-29-20(22(30)27-18-6-3-9-25-14-18)11-17(16-5-2-8-24-13-16)12-21(29)23(31)28-19-7-4-10-26-15-19/h2-15,20H,1H3,(H,27,30)(H,28,31). The van der Waals surface area contributed by atoms with Gasteiger partial charge in [0, 0.05) is 31.8 Å². The monoisotopic (exact) mass is 412 g/mol. The summed E-state index contributed by atoms with van der Waals surface area (Å²) in [6.07, 6.45) is 13.3. The van der Waals surface area contributed by atoms with Crippen molar-refractivity contribution in [1.29, 1.82) is 0 Å². The molecule has 8 nitrogen and oxygen atoms in total. The predicted octanol–water partition coefficient (Wildman–Crippen LogP) is 2.73. The van der Waals surface area contributed by atoms with Gasteiger partial charge in [0.2, 0.25) is 0 Å². The van der Waals surface area contributed by atoms with E-state index >= 15 is 0 Å². The van der Waals surface area contributed by atoms with Crippen LogP contribution in [0, 0.1) is 0 Å². The zero-order valence-corrected chi connectivity index (χ0v) is 16.8. The van der Waals surface area contributed by atoms with Crippen LogP contribution in [0.25, 0.3) is 5.57 Å². The average Bonchev–Trinajstić information content (AvgIpc) is 2.81. The van der Waals surface area contributed by atoms with E-state index in [1.807, 2.05) is 18.2 Å². The lowest BCUT2D eigenvalue weighted by atomic mass is 9.98. The summed E-state index contributed by atoms with van der Waals surface area (Å²) in [6.45, 7) is 0. The molecule has 4 rings (SSSR count). The topological polar surface area (TPSA) is 100 Å². The average molecular weight is 412 g/mol. The highest BCUT2D eigenvalue weighted by atomic mass is 16.2. The van der Waals surface area contributed by atoms with Crippen LogP contribution in [0.3, 0.4) is 0 Å². The Labute approximate surface area is 179 Å². The predicted molar refractivity (Wildman–Crippen MR) is 118 cm³/mol. The van der Waals surface area contributed by atoms with Crippen molar-refractivity contribution in [2.24, 2.45) is 0 Å². The number of aromatic nitrogens is 3.